The summed E-state index contributed by atoms with van der Waals surface area (Å²) in [6.07, 6.45) is 2.56. The molecule has 0 spiro atoms. The zero-order chi connectivity index (χ0) is 12.3. The Morgan fingerprint density at radius 2 is 1.88 bits per heavy atom. The lowest BCUT2D eigenvalue weighted by molar-refractivity contribution is 0.0848. The van der Waals surface area contributed by atoms with Crippen molar-refractivity contribution in [1.29, 1.82) is 0 Å². The van der Waals surface area contributed by atoms with Gasteiger partial charge in [-0.05, 0) is 18.2 Å². The van der Waals surface area contributed by atoms with Crippen LogP contribution in [-0.4, -0.2) is 16.9 Å². The number of benzene rings is 1. The highest BCUT2D eigenvalue weighted by Gasteiger charge is 2.15. The van der Waals surface area contributed by atoms with Crippen LogP contribution in [0.2, 0.25) is 0 Å². The molecule has 5 heteroatoms. The van der Waals surface area contributed by atoms with Gasteiger partial charge in [0.05, 0.1) is 17.4 Å². The molecule has 86 valence electrons. The summed E-state index contributed by atoms with van der Waals surface area (Å²) < 4.78 is 4.73. The van der Waals surface area contributed by atoms with Crippen LogP contribution in [0.3, 0.4) is 0 Å². The van der Waals surface area contributed by atoms with E-state index >= 15 is 0 Å². The molecule has 5 nitrogen and oxygen atoms in total. The normalized spacial score (nSPS) is 9.88. The fourth-order valence-electron chi connectivity index (χ4n) is 1.30. The molecule has 0 aliphatic rings. The average molecular weight is 231 g/mol. The molecule has 17 heavy (non-hydrogen) atoms. The van der Waals surface area contributed by atoms with Crippen LogP contribution in [0.1, 0.15) is 20.7 Å². The third-order valence-corrected chi connectivity index (χ3v) is 2.16. The first-order valence-electron chi connectivity index (χ1n) is 4.84. The highest BCUT2D eigenvalue weighted by molar-refractivity contribution is 6.11. The molecule has 0 saturated heterocycles. The molecule has 0 radical (unpaired) electrons. The second-order valence-corrected chi connectivity index (χ2v) is 3.31. The molecule has 0 bridgehead atoms. The summed E-state index contributed by atoms with van der Waals surface area (Å²) in [5.41, 5.74) is 0.290. The Bertz CT molecular complexity index is 545. The molecule has 0 saturated carbocycles. The third-order valence-electron chi connectivity index (χ3n) is 2.16. The van der Waals surface area contributed by atoms with Crippen molar-refractivity contribution in [3.05, 3.63) is 54.0 Å². The zero-order valence-corrected chi connectivity index (χ0v) is 8.71. The number of amides is 2. The Morgan fingerprint density at radius 1 is 1.12 bits per heavy atom. The van der Waals surface area contributed by atoms with E-state index in [2.05, 4.69) is 5.32 Å². The third kappa shape index (κ3) is 2.34. The van der Waals surface area contributed by atoms with E-state index in [0.29, 0.717) is 0 Å². The highest BCUT2D eigenvalue weighted by atomic mass is 16.3. The van der Waals surface area contributed by atoms with Crippen LogP contribution in [0.5, 0.6) is 5.75 Å². The van der Waals surface area contributed by atoms with E-state index in [0.717, 1.165) is 0 Å². The number of carbonyl (C=O) groups excluding carboxylic acids is 2. The monoisotopic (exact) mass is 231 g/mol. The molecular formula is C12H9NO4. The summed E-state index contributed by atoms with van der Waals surface area (Å²) in [6, 6.07) is 7.42. The summed E-state index contributed by atoms with van der Waals surface area (Å²) in [5, 5.41) is 11.6. The predicted octanol–water partition coefficient (Wildman–Crippen LogP) is 1.56. The molecule has 0 aliphatic heterocycles. The average Bonchev–Trinajstić information content (AvgIpc) is 2.82. The predicted molar refractivity (Wildman–Crippen MR) is 58.6 cm³/mol. The van der Waals surface area contributed by atoms with Gasteiger partial charge in [0, 0.05) is 0 Å². The van der Waals surface area contributed by atoms with Gasteiger partial charge in [0.1, 0.15) is 12.0 Å². The summed E-state index contributed by atoms with van der Waals surface area (Å²) in [7, 11) is 0. The molecule has 2 rings (SSSR count). The summed E-state index contributed by atoms with van der Waals surface area (Å²) in [6.45, 7) is 0. The van der Waals surface area contributed by atoms with Crippen molar-refractivity contribution in [3.8, 4) is 5.75 Å². The van der Waals surface area contributed by atoms with E-state index in [9.17, 15) is 14.7 Å². The van der Waals surface area contributed by atoms with Gasteiger partial charge in [0.2, 0.25) is 0 Å². The second-order valence-electron chi connectivity index (χ2n) is 3.31. The van der Waals surface area contributed by atoms with E-state index < -0.39 is 11.8 Å². The van der Waals surface area contributed by atoms with Crippen LogP contribution < -0.4 is 5.32 Å². The largest absolute Gasteiger partial charge is 0.507 e. The molecule has 0 unspecified atom stereocenters. The minimum atomic E-state index is -0.658. The summed E-state index contributed by atoms with van der Waals surface area (Å²) >= 11 is 0. The van der Waals surface area contributed by atoms with E-state index in [1.807, 2.05) is 0 Å². The fraction of sp³-hybridized carbons (Fsp3) is 0. The quantitative estimate of drug-likeness (QED) is 0.768. The Hall–Kier alpha value is -2.56. The van der Waals surface area contributed by atoms with Crippen molar-refractivity contribution in [2.45, 2.75) is 0 Å². The lowest BCUT2D eigenvalue weighted by atomic mass is 10.2. The number of phenolic OH excluding ortho intramolecular Hbond substituents is 1. The molecule has 2 N–H and O–H groups in total. The molecule has 2 aromatic rings. The van der Waals surface area contributed by atoms with Gasteiger partial charge >= 0.3 is 0 Å². The van der Waals surface area contributed by atoms with Crippen molar-refractivity contribution in [2.75, 3.05) is 0 Å². The summed E-state index contributed by atoms with van der Waals surface area (Å²) in [5.74, 6) is -1.41. The molecule has 0 aliphatic carbocycles. The Labute approximate surface area is 96.7 Å². The molecule has 0 fully saturated rings. The number of para-hydroxylation sites is 1. The fourth-order valence-corrected chi connectivity index (χ4v) is 1.30. The Morgan fingerprint density at radius 3 is 2.53 bits per heavy atom. The number of furan rings is 1. The van der Waals surface area contributed by atoms with Crippen molar-refractivity contribution < 1.29 is 19.1 Å². The van der Waals surface area contributed by atoms with Gasteiger partial charge in [0.15, 0.2) is 0 Å². The van der Waals surface area contributed by atoms with Gasteiger partial charge in [-0.1, -0.05) is 12.1 Å². The van der Waals surface area contributed by atoms with Gasteiger partial charge < -0.3 is 9.52 Å². The van der Waals surface area contributed by atoms with Crippen LogP contribution >= 0.6 is 0 Å². The van der Waals surface area contributed by atoms with Crippen LogP contribution in [0, 0.1) is 0 Å². The molecule has 1 heterocycles. The van der Waals surface area contributed by atoms with Crippen LogP contribution in [0.15, 0.2) is 47.3 Å². The van der Waals surface area contributed by atoms with Gasteiger partial charge in [0.25, 0.3) is 11.8 Å². The lowest BCUT2D eigenvalue weighted by Crippen LogP contribution is -2.30. The van der Waals surface area contributed by atoms with Crippen LogP contribution in [0.4, 0.5) is 0 Å². The second kappa shape index (κ2) is 4.52. The van der Waals surface area contributed by atoms with Gasteiger partial charge in [-0.25, -0.2) is 0 Å². The highest BCUT2D eigenvalue weighted by Crippen LogP contribution is 2.15. The minimum Gasteiger partial charge on any atom is -0.507 e. The van der Waals surface area contributed by atoms with Crippen molar-refractivity contribution in [2.24, 2.45) is 0 Å². The van der Waals surface area contributed by atoms with Gasteiger partial charge in [-0.15, -0.1) is 0 Å². The maximum atomic E-state index is 11.6. The summed E-state index contributed by atoms with van der Waals surface area (Å²) in [4.78, 5) is 23.2. The Kier molecular flexibility index (Phi) is 2.91. The molecule has 1 aromatic heterocycles. The number of carbonyl (C=O) groups is 2. The van der Waals surface area contributed by atoms with Crippen LogP contribution in [0.25, 0.3) is 0 Å². The maximum Gasteiger partial charge on any atom is 0.261 e. The number of hydrogen-bond donors (Lipinski definition) is 2. The van der Waals surface area contributed by atoms with Crippen molar-refractivity contribution in [1.82, 2.24) is 5.32 Å². The number of imide groups is 1. The number of aromatic hydroxyl groups is 1. The van der Waals surface area contributed by atoms with Crippen LogP contribution in [-0.2, 0) is 0 Å². The van der Waals surface area contributed by atoms with Gasteiger partial charge in [-0.2, -0.15) is 0 Å². The van der Waals surface area contributed by atoms with E-state index in [1.165, 1.54) is 30.7 Å². The number of hydrogen-bond acceptors (Lipinski definition) is 4. The first-order valence-corrected chi connectivity index (χ1v) is 4.84. The number of nitrogens with one attached hydrogen (secondary N) is 1. The van der Waals surface area contributed by atoms with Crippen molar-refractivity contribution >= 4 is 11.8 Å². The van der Waals surface area contributed by atoms with Gasteiger partial charge in [-0.3, -0.25) is 14.9 Å². The molecule has 1 aromatic carbocycles. The molecule has 2 amide bonds. The maximum absolute atomic E-state index is 11.6. The molecular weight excluding hydrogens is 222 g/mol. The van der Waals surface area contributed by atoms with E-state index in [1.54, 1.807) is 12.1 Å². The Balaban J connectivity index is 2.13. The first-order chi connectivity index (χ1) is 8.18. The topological polar surface area (TPSA) is 79.5 Å². The van der Waals surface area contributed by atoms with Crippen molar-refractivity contribution in [3.63, 3.8) is 0 Å². The SMILES string of the molecule is O=C(NC(=O)c1ccccc1O)c1ccoc1. The minimum absolute atomic E-state index is 0.0457. The first kappa shape index (κ1) is 10.9. The number of rotatable bonds is 2. The van der Waals surface area contributed by atoms with E-state index in [-0.39, 0.29) is 16.9 Å². The zero-order valence-electron chi connectivity index (χ0n) is 8.71. The van der Waals surface area contributed by atoms with E-state index in [4.69, 9.17) is 4.42 Å². The molecule has 0 atom stereocenters. The lowest BCUT2D eigenvalue weighted by Gasteiger charge is -2.03. The standard InChI is InChI=1S/C12H9NO4/c14-10-4-2-1-3-9(10)12(16)13-11(15)8-5-6-17-7-8/h1-7,14H,(H,13,15,16). The smallest absolute Gasteiger partial charge is 0.261 e. The number of phenols is 1.